The fraction of sp³-hybridized carbons (Fsp3) is 1.00. The zero-order valence-corrected chi connectivity index (χ0v) is 28.4. The largest absolute Gasteiger partial charge is 0.395 e. The first-order chi connectivity index (χ1) is 22.0. The first-order valence-corrected chi connectivity index (χ1v) is 17.1. The zero-order valence-electron chi connectivity index (χ0n) is 28.4. The van der Waals surface area contributed by atoms with Gasteiger partial charge in [0.1, 0.15) is 0 Å². The summed E-state index contributed by atoms with van der Waals surface area (Å²) in [6, 6.07) is 0. The minimum Gasteiger partial charge on any atom is -0.395 e. The molecular formula is C32H70N2O11. The van der Waals surface area contributed by atoms with Crippen molar-refractivity contribution in [2.45, 2.75) is 76.7 Å². The molecule has 45 heavy (non-hydrogen) atoms. The second-order valence-electron chi connectivity index (χ2n) is 11.1. The van der Waals surface area contributed by atoms with Crippen molar-refractivity contribution < 1.29 is 54.7 Å². The first kappa shape index (κ1) is 46.6. The summed E-state index contributed by atoms with van der Waals surface area (Å²) in [5.74, 6) is 0. The molecule has 274 valence electrons. The average molecular weight is 659 g/mol. The van der Waals surface area contributed by atoms with E-state index in [1.807, 2.05) is 0 Å². The van der Waals surface area contributed by atoms with Gasteiger partial charge in [-0.25, -0.2) is 0 Å². The molecule has 13 nitrogen and oxygen atoms in total. The molecule has 13 heteroatoms. The molecule has 0 rings (SSSR count). The first-order valence-electron chi connectivity index (χ1n) is 17.1. The van der Waals surface area contributed by atoms with Crippen LogP contribution in [-0.2, 0) is 18.9 Å². The summed E-state index contributed by atoms with van der Waals surface area (Å²) < 4.78 is 21.7. The molecule has 7 N–H and O–H groups in total. The Bertz CT molecular complexity index is 517. The van der Waals surface area contributed by atoms with Gasteiger partial charge >= 0.3 is 0 Å². The van der Waals surface area contributed by atoms with Crippen molar-refractivity contribution in [1.29, 1.82) is 0 Å². The topological polar surface area (TPSA) is 185 Å². The highest BCUT2D eigenvalue weighted by atomic mass is 16.5. The van der Waals surface area contributed by atoms with Crippen molar-refractivity contribution in [3.8, 4) is 0 Å². The molecule has 0 atom stereocenters. The molecule has 0 saturated heterocycles. The average Bonchev–Trinajstić information content (AvgIpc) is 3.06. The maximum absolute atomic E-state index is 9.08. The standard InChI is InChI=1S/C24H51NO6.C8H19NO5/c1-2-3-4-5-6-7-8-9-10-11-12-25(13-17-28-21-23-30-19-15-26)14-18-29-22-24-31-20-16-27;10-3-1-9(2-4-11)8(5-12,6-13)7-14/h26-27H,2-24H2,1H3;10-14H,1-7H2. The summed E-state index contributed by atoms with van der Waals surface area (Å²) in [4.78, 5) is 3.88. The predicted octanol–water partition coefficient (Wildman–Crippen LogP) is 0.249. The second kappa shape index (κ2) is 37.9. The summed E-state index contributed by atoms with van der Waals surface area (Å²) in [6.07, 6.45) is 13.5. The lowest BCUT2D eigenvalue weighted by Gasteiger charge is -2.39. The lowest BCUT2D eigenvalue weighted by molar-refractivity contribution is -0.0578. The van der Waals surface area contributed by atoms with Gasteiger partial charge in [0, 0.05) is 26.2 Å². The van der Waals surface area contributed by atoms with Gasteiger partial charge in [-0.3, -0.25) is 9.80 Å². The number of hydrogen-bond acceptors (Lipinski definition) is 13. The van der Waals surface area contributed by atoms with E-state index in [1.165, 1.54) is 69.1 Å². The third-order valence-electron chi connectivity index (χ3n) is 7.44. The summed E-state index contributed by atoms with van der Waals surface area (Å²) in [7, 11) is 0. The Morgan fingerprint density at radius 2 is 0.778 bits per heavy atom. The van der Waals surface area contributed by atoms with Gasteiger partial charge in [0.2, 0.25) is 0 Å². The van der Waals surface area contributed by atoms with Crippen LogP contribution in [0.25, 0.3) is 0 Å². The Labute approximate surface area is 273 Å². The van der Waals surface area contributed by atoms with Crippen LogP contribution in [0.15, 0.2) is 0 Å². The number of nitrogens with zero attached hydrogens (tertiary/aromatic N) is 2. The maximum Gasteiger partial charge on any atom is 0.0908 e. The molecule has 0 spiro atoms. The van der Waals surface area contributed by atoms with Crippen LogP contribution in [-0.4, -0.2) is 183 Å². The van der Waals surface area contributed by atoms with Crippen LogP contribution in [0, 0.1) is 0 Å². The van der Waals surface area contributed by atoms with E-state index in [1.54, 1.807) is 0 Å². The molecule has 0 amide bonds. The molecule has 0 saturated carbocycles. The van der Waals surface area contributed by atoms with Crippen LogP contribution in [0.5, 0.6) is 0 Å². The van der Waals surface area contributed by atoms with Gasteiger partial charge < -0.3 is 54.7 Å². The summed E-state index contributed by atoms with van der Waals surface area (Å²) >= 11 is 0. The van der Waals surface area contributed by atoms with Crippen LogP contribution < -0.4 is 0 Å². The van der Waals surface area contributed by atoms with Crippen LogP contribution >= 0.6 is 0 Å². The Morgan fingerprint density at radius 3 is 1.13 bits per heavy atom. The minimum absolute atomic E-state index is 0.0532. The van der Waals surface area contributed by atoms with Crippen molar-refractivity contribution in [2.24, 2.45) is 0 Å². The Morgan fingerprint density at radius 1 is 0.400 bits per heavy atom. The molecule has 0 fully saturated rings. The summed E-state index contributed by atoms with van der Waals surface area (Å²) in [5.41, 5.74) is -1.18. The van der Waals surface area contributed by atoms with Gasteiger partial charge in [0.05, 0.1) is 105 Å². The van der Waals surface area contributed by atoms with E-state index in [4.69, 9.17) is 54.7 Å². The Hall–Kier alpha value is -0.520. The smallest absolute Gasteiger partial charge is 0.0908 e. The normalized spacial score (nSPS) is 11.9. The molecular weight excluding hydrogens is 588 g/mol. The van der Waals surface area contributed by atoms with Gasteiger partial charge in [0.25, 0.3) is 0 Å². The van der Waals surface area contributed by atoms with E-state index in [9.17, 15) is 0 Å². The number of ether oxygens (including phenoxy) is 4. The van der Waals surface area contributed by atoms with Crippen molar-refractivity contribution in [1.82, 2.24) is 9.80 Å². The number of aliphatic hydroxyl groups excluding tert-OH is 7. The van der Waals surface area contributed by atoms with E-state index in [0.717, 1.165) is 19.6 Å². The van der Waals surface area contributed by atoms with E-state index in [2.05, 4.69) is 11.8 Å². The molecule has 0 aromatic carbocycles. The number of rotatable bonds is 35. The van der Waals surface area contributed by atoms with Crippen molar-refractivity contribution in [2.75, 3.05) is 132 Å². The predicted molar refractivity (Wildman–Crippen MR) is 175 cm³/mol. The lowest BCUT2D eigenvalue weighted by Crippen LogP contribution is -2.58. The highest BCUT2D eigenvalue weighted by molar-refractivity contribution is 4.89. The lowest BCUT2D eigenvalue weighted by atomic mass is 10.0. The number of hydrogen-bond donors (Lipinski definition) is 7. The molecule has 0 aromatic rings. The second-order valence-corrected chi connectivity index (χ2v) is 11.1. The minimum atomic E-state index is -1.18. The van der Waals surface area contributed by atoms with Gasteiger partial charge in [-0.15, -0.1) is 0 Å². The zero-order chi connectivity index (χ0) is 33.7. The molecule has 0 aromatic heterocycles. The highest BCUT2D eigenvalue weighted by Crippen LogP contribution is 2.13. The molecule has 0 aliphatic heterocycles. The number of aliphatic hydroxyl groups is 7. The van der Waals surface area contributed by atoms with Gasteiger partial charge in [-0.2, -0.15) is 0 Å². The quantitative estimate of drug-likeness (QED) is 0.0460. The third-order valence-corrected chi connectivity index (χ3v) is 7.44. The van der Waals surface area contributed by atoms with Crippen molar-refractivity contribution in [3.63, 3.8) is 0 Å². The van der Waals surface area contributed by atoms with E-state index < -0.39 is 25.4 Å². The number of β-amino-alcohol motifs (C(OH)–C–C–N with tert-alkyl or cyclic N) is 2. The Kier molecular flexibility index (Phi) is 39.3. The van der Waals surface area contributed by atoms with Gasteiger partial charge in [-0.1, -0.05) is 64.7 Å². The van der Waals surface area contributed by atoms with Crippen LogP contribution in [0.4, 0.5) is 0 Å². The SMILES string of the molecule is CCCCCCCCCCCCN(CCOCCOCCO)CCOCCOCCO.OCCN(CCO)C(CO)(CO)CO. The van der Waals surface area contributed by atoms with E-state index in [-0.39, 0.29) is 39.5 Å². The van der Waals surface area contributed by atoms with Crippen LogP contribution in [0.1, 0.15) is 71.1 Å². The highest BCUT2D eigenvalue weighted by Gasteiger charge is 2.34. The van der Waals surface area contributed by atoms with Gasteiger partial charge in [-0.05, 0) is 13.0 Å². The third kappa shape index (κ3) is 29.4. The van der Waals surface area contributed by atoms with Gasteiger partial charge in [0.15, 0.2) is 0 Å². The van der Waals surface area contributed by atoms with Crippen molar-refractivity contribution >= 4 is 0 Å². The van der Waals surface area contributed by atoms with E-state index >= 15 is 0 Å². The number of unbranched alkanes of at least 4 members (excludes halogenated alkanes) is 9. The fourth-order valence-corrected chi connectivity index (χ4v) is 4.60. The summed E-state index contributed by atoms with van der Waals surface area (Å²) in [6.45, 7) is 8.24. The van der Waals surface area contributed by atoms with Crippen molar-refractivity contribution in [3.05, 3.63) is 0 Å². The molecule has 0 unspecified atom stereocenters. The maximum atomic E-state index is 9.08. The fourth-order valence-electron chi connectivity index (χ4n) is 4.60. The molecule has 0 aliphatic rings. The molecule has 0 radical (unpaired) electrons. The van der Waals surface area contributed by atoms with Crippen LogP contribution in [0.3, 0.4) is 0 Å². The van der Waals surface area contributed by atoms with Crippen LogP contribution in [0.2, 0.25) is 0 Å². The summed E-state index contributed by atoms with van der Waals surface area (Å²) in [5, 5.41) is 62.1. The molecule has 0 bridgehead atoms. The monoisotopic (exact) mass is 658 g/mol. The molecule has 0 aliphatic carbocycles. The van der Waals surface area contributed by atoms with E-state index in [0.29, 0.717) is 52.9 Å². The molecule has 0 heterocycles. The Balaban J connectivity index is 0.